The molecule has 0 spiro atoms. The van der Waals surface area contributed by atoms with Gasteiger partial charge >= 0.3 is 0 Å². The molecule has 1 radical (unpaired) electrons. The van der Waals surface area contributed by atoms with Gasteiger partial charge in [-0.25, -0.2) is 0 Å². The van der Waals surface area contributed by atoms with E-state index in [-0.39, 0.29) is 0 Å². The highest BCUT2D eigenvalue weighted by atomic mass is 16.3. The van der Waals surface area contributed by atoms with E-state index >= 15 is 0 Å². The zero-order chi connectivity index (χ0) is 10.6. The summed E-state index contributed by atoms with van der Waals surface area (Å²) in [4.78, 5) is 0. The summed E-state index contributed by atoms with van der Waals surface area (Å²) < 4.78 is 0. The number of hydrogen-bond donors (Lipinski definition) is 1. The van der Waals surface area contributed by atoms with Crippen molar-refractivity contribution >= 4 is 0 Å². The van der Waals surface area contributed by atoms with E-state index in [1.165, 1.54) is 5.56 Å². The number of phenolic OH excluding ortho intramolecular Hbond substituents is 1. The summed E-state index contributed by atoms with van der Waals surface area (Å²) in [5.74, 6) is 1.58. The molecule has 0 saturated heterocycles. The Labute approximate surface area is 86.8 Å². The third-order valence-electron chi connectivity index (χ3n) is 2.21. The van der Waals surface area contributed by atoms with Gasteiger partial charge in [0.15, 0.2) is 0 Å². The molecule has 1 aromatic rings. The van der Waals surface area contributed by atoms with E-state index < -0.39 is 0 Å². The summed E-state index contributed by atoms with van der Waals surface area (Å²) in [5.41, 5.74) is 1.28. The summed E-state index contributed by atoms with van der Waals surface area (Å²) in [7, 11) is 0. The Kier molecular flexibility index (Phi) is 3.99. The highest BCUT2D eigenvalue weighted by molar-refractivity contribution is 5.26. The maximum Gasteiger partial charge on any atom is 0.115 e. The first-order valence-electron chi connectivity index (χ1n) is 5.21. The SMILES string of the molecule is CC(C)[CH]C(C)Cc1ccc(O)cc1. The number of benzene rings is 1. The number of rotatable bonds is 4. The molecule has 1 nitrogen and oxygen atoms in total. The largest absolute Gasteiger partial charge is 0.508 e. The van der Waals surface area contributed by atoms with Gasteiger partial charge in [-0.15, -0.1) is 0 Å². The minimum atomic E-state index is 0.342. The van der Waals surface area contributed by atoms with Gasteiger partial charge in [0, 0.05) is 0 Å². The average Bonchev–Trinajstić information content (AvgIpc) is 2.07. The molecule has 0 fully saturated rings. The van der Waals surface area contributed by atoms with Crippen molar-refractivity contribution in [3.63, 3.8) is 0 Å². The zero-order valence-electron chi connectivity index (χ0n) is 9.20. The molecular formula is C13H19O. The van der Waals surface area contributed by atoms with Gasteiger partial charge in [0.25, 0.3) is 0 Å². The van der Waals surface area contributed by atoms with Crippen LogP contribution in [0.4, 0.5) is 0 Å². The Morgan fingerprint density at radius 3 is 2.21 bits per heavy atom. The minimum Gasteiger partial charge on any atom is -0.508 e. The average molecular weight is 191 g/mol. The van der Waals surface area contributed by atoms with Crippen LogP contribution in [-0.2, 0) is 6.42 Å². The second kappa shape index (κ2) is 5.04. The third-order valence-corrected chi connectivity index (χ3v) is 2.21. The first-order valence-corrected chi connectivity index (χ1v) is 5.21. The Bertz CT molecular complexity index is 261. The Balaban J connectivity index is 2.47. The fourth-order valence-corrected chi connectivity index (χ4v) is 1.73. The molecule has 14 heavy (non-hydrogen) atoms. The molecule has 1 aromatic carbocycles. The molecule has 1 rings (SSSR count). The Morgan fingerprint density at radius 2 is 1.71 bits per heavy atom. The van der Waals surface area contributed by atoms with Gasteiger partial charge in [0.1, 0.15) is 5.75 Å². The Hall–Kier alpha value is -0.980. The molecule has 0 aromatic heterocycles. The van der Waals surface area contributed by atoms with E-state index in [0.29, 0.717) is 17.6 Å². The lowest BCUT2D eigenvalue weighted by atomic mass is 9.93. The first-order chi connectivity index (χ1) is 6.58. The van der Waals surface area contributed by atoms with E-state index in [0.717, 1.165) is 6.42 Å². The molecule has 1 atom stereocenters. The van der Waals surface area contributed by atoms with Crippen molar-refractivity contribution < 1.29 is 5.11 Å². The van der Waals surface area contributed by atoms with Crippen LogP contribution < -0.4 is 0 Å². The number of aromatic hydroxyl groups is 1. The van der Waals surface area contributed by atoms with Crippen LogP contribution in [0.5, 0.6) is 5.75 Å². The van der Waals surface area contributed by atoms with Crippen molar-refractivity contribution in [1.29, 1.82) is 0 Å². The highest BCUT2D eigenvalue weighted by Crippen LogP contribution is 2.17. The van der Waals surface area contributed by atoms with Crippen LogP contribution in [0, 0.1) is 18.3 Å². The topological polar surface area (TPSA) is 20.2 Å². The maximum atomic E-state index is 9.13. The molecule has 1 heteroatoms. The van der Waals surface area contributed by atoms with E-state index in [1.807, 2.05) is 12.1 Å². The lowest BCUT2D eigenvalue weighted by Crippen LogP contribution is -2.04. The first kappa shape index (κ1) is 11.1. The molecule has 0 amide bonds. The van der Waals surface area contributed by atoms with Crippen LogP contribution >= 0.6 is 0 Å². The van der Waals surface area contributed by atoms with Gasteiger partial charge in [-0.3, -0.25) is 0 Å². The van der Waals surface area contributed by atoms with Crippen molar-refractivity contribution in [3.05, 3.63) is 36.2 Å². The smallest absolute Gasteiger partial charge is 0.115 e. The van der Waals surface area contributed by atoms with Crippen molar-refractivity contribution in [2.75, 3.05) is 0 Å². The second-order valence-corrected chi connectivity index (χ2v) is 4.28. The molecule has 0 aliphatic rings. The summed E-state index contributed by atoms with van der Waals surface area (Å²) in [6.07, 6.45) is 3.41. The number of phenols is 1. The predicted octanol–water partition coefficient (Wildman–Crippen LogP) is 3.43. The fourth-order valence-electron chi connectivity index (χ4n) is 1.73. The van der Waals surface area contributed by atoms with E-state index in [4.69, 9.17) is 5.11 Å². The lowest BCUT2D eigenvalue weighted by molar-refractivity contribution is 0.474. The molecule has 0 aliphatic carbocycles. The summed E-state index contributed by atoms with van der Waals surface area (Å²) in [6.45, 7) is 6.63. The van der Waals surface area contributed by atoms with Crippen LogP contribution in [-0.4, -0.2) is 5.11 Å². The summed E-state index contributed by atoms with van der Waals surface area (Å²) in [5, 5.41) is 9.13. The molecule has 1 unspecified atom stereocenters. The molecule has 1 N–H and O–H groups in total. The molecule has 0 saturated carbocycles. The van der Waals surface area contributed by atoms with Gasteiger partial charge in [0.2, 0.25) is 0 Å². The van der Waals surface area contributed by atoms with E-state index in [1.54, 1.807) is 12.1 Å². The van der Waals surface area contributed by atoms with Crippen LogP contribution in [0.1, 0.15) is 26.3 Å². The monoisotopic (exact) mass is 191 g/mol. The minimum absolute atomic E-state index is 0.342. The summed E-state index contributed by atoms with van der Waals surface area (Å²) in [6, 6.07) is 7.47. The van der Waals surface area contributed by atoms with Gasteiger partial charge in [-0.05, 0) is 42.4 Å². The standard InChI is InChI=1S/C13H19O/c1-10(2)8-11(3)9-12-4-6-13(14)7-5-12/h4-8,10-11,14H,9H2,1-3H3. The van der Waals surface area contributed by atoms with E-state index in [9.17, 15) is 0 Å². The number of hydrogen-bond acceptors (Lipinski definition) is 1. The molecule has 77 valence electrons. The quantitative estimate of drug-likeness (QED) is 0.773. The molecule has 0 heterocycles. The molecule has 0 bridgehead atoms. The van der Waals surface area contributed by atoms with Gasteiger partial charge in [-0.1, -0.05) is 32.9 Å². The highest BCUT2D eigenvalue weighted by Gasteiger charge is 2.06. The van der Waals surface area contributed by atoms with Crippen LogP contribution in [0.15, 0.2) is 24.3 Å². The maximum absolute atomic E-state index is 9.13. The normalized spacial score (nSPS) is 13.1. The van der Waals surface area contributed by atoms with Gasteiger partial charge < -0.3 is 5.11 Å². The summed E-state index contributed by atoms with van der Waals surface area (Å²) >= 11 is 0. The molecular weight excluding hydrogens is 172 g/mol. The third kappa shape index (κ3) is 3.82. The second-order valence-electron chi connectivity index (χ2n) is 4.28. The van der Waals surface area contributed by atoms with Gasteiger partial charge in [-0.2, -0.15) is 0 Å². The fraction of sp³-hybridized carbons (Fsp3) is 0.462. The van der Waals surface area contributed by atoms with Crippen LogP contribution in [0.2, 0.25) is 0 Å². The van der Waals surface area contributed by atoms with E-state index in [2.05, 4.69) is 27.2 Å². The lowest BCUT2D eigenvalue weighted by Gasteiger charge is -2.13. The van der Waals surface area contributed by atoms with Crippen molar-refractivity contribution in [1.82, 2.24) is 0 Å². The zero-order valence-corrected chi connectivity index (χ0v) is 9.20. The Morgan fingerprint density at radius 1 is 1.14 bits per heavy atom. The molecule has 0 aliphatic heterocycles. The predicted molar refractivity (Wildman–Crippen MR) is 60.1 cm³/mol. The van der Waals surface area contributed by atoms with Crippen molar-refractivity contribution in [2.24, 2.45) is 11.8 Å². The van der Waals surface area contributed by atoms with Crippen molar-refractivity contribution in [2.45, 2.75) is 27.2 Å². The van der Waals surface area contributed by atoms with Crippen LogP contribution in [0.25, 0.3) is 0 Å². The van der Waals surface area contributed by atoms with Crippen molar-refractivity contribution in [3.8, 4) is 5.75 Å². The van der Waals surface area contributed by atoms with Gasteiger partial charge in [0.05, 0.1) is 0 Å². The van der Waals surface area contributed by atoms with Crippen LogP contribution in [0.3, 0.4) is 0 Å².